The summed E-state index contributed by atoms with van der Waals surface area (Å²) in [6, 6.07) is 6.39. The van der Waals surface area contributed by atoms with Crippen LogP contribution in [-0.4, -0.2) is 19.7 Å². The van der Waals surface area contributed by atoms with Gasteiger partial charge in [-0.1, -0.05) is 12.1 Å². The van der Waals surface area contributed by atoms with Crippen LogP contribution in [0.4, 0.5) is 5.69 Å². The summed E-state index contributed by atoms with van der Waals surface area (Å²) >= 11 is 0. The minimum Gasteiger partial charge on any atom is -0.489 e. The molecule has 2 fully saturated rings. The van der Waals surface area contributed by atoms with E-state index in [9.17, 15) is 0 Å². The number of nitrogens with one attached hydrogen (secondary N) is 2. The van der Waals surface area contributed by atoms with E-state index in [1.165, 1.54) is 37.8 Å². The zero-order valence-corrected chi connectivity index (χ0v) is 11.4. The molecule has 2 saturated carbocycles. The molecule has 0 unspecified atom stereocenters. The first-order valence-corrected chi connectivity index (χ1v) is 7.57. The Balaban J connectivity index is 1.40. The van der Waals surface area contributed by atoms with Gasteiger partial charge in [0.1, 0.15) is 12.4 Å². The third-order valence-electron chi connectivity index (χ3n) is 4.89. The van der Waals surface area contributed by atoms with E-state index in [1.807, 2.05) is 0 Å². The maximum atomic E-state index is 5.81. The Hall–Kier alpha value is -1.22. The Morgan fingerprint density at radius 1 is 1.32 bits per heavy atom. The van der Waals surface area contributed by atoms with E-state index >= 15 is 0 Å². The molecule has 102 valence electrons. The molecule has 0 spiro atoms. The fourth-order valence-corrected chi connectivity index (χ4v) is 3.40. The highest BCUT2D eigenvalue weighted by atomic mass is 16.5. The van der Waals surface area contributed by atoms with Crippen LogP contribution in [0.25, 0.3) is 0 Å². The zero-order valence-electron chi connectivity index (χ0n) is 11.4. The molecule has 19 heavy (non-hydrogen) atoms. The zero-order chi connectivity index (χ0) is 12.7. The predicted octanol–water partition coefficient (Wildman–Crippen LogP) is 2.77. The van der Waals surface area contributed by atoms with Crippen molar-refractivity contribution in [1.29, 1.82) is 0 Å². The Labute approximate surface area is 114 Å². The van der Waals surface area contributed by atoms with Gasteiger partial charge in [0.15, 0.2) is 0 Å². The molecule has 0 saturated heterocycles. The van der Waals surface area contributed by atoms with Crippen LogP contribution >= 0.6 is 0 Å². The Morgan fingerprint density at radius 3 is 3.00 bits per heavy atom. The third kappa shape index (κ3) is 2.20. The van der Waals surface area contributed by atoms with E-state index in [0.717, 1.165) is 37.1 Å². The van der Waals surface area contributed by atoms with Crippen molar-refractivity contribution in [2.45, 2.75) is 32.2 Å². The minimum absolute atomic E-state index is 0.675. The molecule has 0 bridgehead atoms. The predicted molar refractivity (Wildman–Crippen MR) is 76.5 cm³/mol. The summed E-state index contributed by atoms with van der Waals surface area (Å²) in [6.45, 7) is 3.80. The van der Waals surface area contributed by atoms with Crippen LogP contribution in [0.1, 0.15) is 31.2 Å². The maximum Gasteiger partial charge on any atom is 0.146 e. The van der Waals surface area contributed by atoms with Gasteiger partial charge in [0.25, 0.3) is 0 Å². The van der Waals surface area contributed by atoms with Gasteiger partial charge in [-0.25, -0.2) is 0 Å². The molecule has 1 aromatic carbocycles. The molecule has 0 amide bonds. The first kappa shape index (κ1) is 11.6. The molecular formula is C16H22N2O. The van der Waals surface area contributed by atoms with Crippen LogP contribution in [-0.2, 0) is 6.54 Å². The van der Waals surface area contributed by atoms with E-state index in [2.05, 4.69) is 28.8 Å². The van der Waals surface area contributed by atoms with Crippen molar-refractivity contribution in [2.24, 2.45) is 11.3 Å². The number of benzene rings is 1. The smallest absolute Gasteiger partial charge is 0.146 e. The number of para-hydroxylation sites is 1. The van der Waals surface area contributed by atoms with Gasteiger partial charge in [-0.3, -0.25) is 0 Å². The largest absolute Gasteiger partial charge is 0.489 e. The summed E-state index contributed by atoms with van der Waals surface area (Å²) in [4.78, 5) is 0. The third-order valence-corrected chi connectivity index (χ3v) is 4.89. The first-order chi connectivity index (χ1) is 9.37. The van der Waals surface area contributed by atoms with Crippen molar-refractivity contribution in [2.75, 3.05) is 25.0 Å². The van der Waals surface area contributed by atoms with Gasteiger partial charge >= 0.3 is 0 Å². The second-order valence-electron chi connectivity index (χ2n) is 6.31. The lowest BCUT2D eigenvalue weighted by atomic mass is 10.0. The van der Waals surface area contributed by atoms with Crippen LogP contribution < -0.4 is 15.4 Å². The molecule has 1 aliphatic heterocycles. The maximum absolute atomic E-state index is 5.81. The van der Waals surface area contributed by atoms with Crippen molar-refractivity contribution < 1.29 is 4.74 Å². The minimum atomic E-state index is 0.675. The molecule has 4 rings (SSSR count). The highest BCUT2D eigenvalue weighted by molar-refractivity contribution is 5.61. The average Bonchev–Trinajstić information content (AvgIpc) is 3.32. The van der Waals surface area contributed by atoms with Crippen molar-refractivity contribution in [3.8, 4) is 5.75 Å². The summed E-state index contributed by atoms with van der Waals surface area (Å²) in [5.74, 6) is 2.08. The van der Waals surface area contributed by atoms with Crippen LogP contribution in [0.15, 0.2) is 18.2 Å². The van der Waals surface area contributed by atoms with E-state index < -0.39 is 0 Å². The van der Waals surface area contributed by atoms with Crippen LogP contribution in [0, 0.1) is 11.3 Å². The number of ether oxygens (including phenoxy) is 1. The van der Waals surface area contributed by atoms with E-state index in [0.29, 0.717) is 5.41 Å². The van der Waals surface area contributed by atoms with Gasteiger partial charge in [0.2, 0.25) is 0 Å². The number of hydrogen-bond donors (Lipinski definition) is 2. The SMILES string of the molecule is c1cc(CNCC2(C3CC3)CC2)c2c(c1)NCCO2. The highest BCUT2D eigenvalue weighted by Crippen LogP contribution is 2.60. The standard InChI is InChI=1S/C16H22N2O/c1-2-12(15-14(3-1)18-8-9-19-15)10-17-11-16(6-7-16)13-4-5-13/h1-3,13,17-18H,4-11H2. The van der Waals surface area contributed by atoms with Crippen LogP contribution in [0.2, 0.25) is 0 Å². The van der Waals surface area contributed by atoms with E-state index in [1.54, 1.807) is 0 Å². The number of hydrogen-bond acceptors (Lipinski definition) is 3. The Kier molecular flexibility index (Phi) is 2.69. The van der Waals surface area contributed by atoms with Crippen molar-refractivity contribution in [3.05, 3.63) is 23.8 Å². The van der Waals surface area contributed by atoms with Gasteiger partial charge in [0, 0.05) is 25.2 Å². The lowest BCUT2D eigenvalue weighted by Crippen LogP contribution is -2.26. The molecule has 2 N–H and O–H groups in total. The number of rotatable bonds is 5. The van der Waals surface area contributed by atoms with Crippen molar-refractivity contribution in [1.82, 2.24) is 5.32 Å². The van der Waals surface area contributed by atoms with Crippen LogP contribution in [0.5, 0.6) is 5.75 Å². The summed E-state index contributed by atoms with van der Waals surface area (Å²) in [7, 11) is 0. The fraction of sp³-hybridized carbons (Fsp3) is 0.625. The number of fused-ring (bicyclic) bond motifs is 1. The molecule has 1 aromatic rings. The molecule has 3 nitrogen and oxygen atoms in total. The monoisotopic (exact) mass is 258 g/mol. The quantitative estimate of drug-likeness (QED) is 0.852. The van der Waals surface area contributed by atoms with Crippen LogP contribution in [0.3, 0.4) is 0 Å². The molecule has 3 heteroatoms. The van der Waals surface area contributed by atoms with Crippen molar-refractivity contribution >= 4 is 5.69 Å². The van der Waals surface area contributed by atoms with Crippen molar-refractivity contribution in [3.63, 3.8) is 0 Å². The van der Waals surface area contributed by atoms with Gasteiger partial charge in [-0.2, -0.15) is 0 Å². The van der Waals surface area contributed by atoms with Gasteiger partial charge in [0.05, 0.1) is 5.69 Å². The van der Waals surface area contributed by atoms with E-state index in [4.69, 9.17) is 4.74 Å². The Morgan fingerprint density at radius 2 is 2.21 bits per heavy atom. The second-order valence-corrected chi connectivity index (χ2v) is 6.31. The fourth-order valence-electron chi connectivity index (χ4n) is 3.40. The molecule has 0 radical (unpaired) electrons. The van der Waals surface area contributed by atoms with E-state index in [-0.39, 0.29) is 0 Å². The van der Waals surface area contributed by atoms with Gasteiger partial charge < -0.3 is 15.4 Å². The Bertz CT molecular complexity index is 478. The summed E-state index contributed by atoms with van der Waals surface area (Å²) in [6.07, 6.45) is 5.82. The topological polar surface area (TPSA) is 33.3 Å². The lowest BCUT2D eigenvalue weighted by molar-refractivity contribution is 0.317. The summed E-state index contributed by atoms with van der Waals surface area (Å²) in [5.41, 5.74) is 3.11. The highest BCUT2D eigenvalue weighted by Gasteiger charge is 2.53. The molecule has 0 aromatic heterocycles. The summed E-state index contributed by atoms with van der Waals surface area (Å²) in [5, 5.41) is 7.07. The normalized spacial score (nSPS) is 23.2. The van der Waals surface area contributed by atoms with Gasteiger partial charge in [-0.15, -0.1) is 0 Å². The van der Waals surface area contributed by atoms with Gasteiger partial charge in [-0.05, 0) is 43.1 Å². The molecule has 3 aliphatic rings. The molecule has 2 aliphatic carbocycles. The lowest BCUT2D eigenvalue weighted by Gasteiger charge is -2.22. The first-order valence-electron chi connectivity index (χ1n) is 7.57. The average molecular weight is 258 g/mol. The molecule has 1 heterocycles. The summed E-state index contributed by atoms with van der Waals surface area (Å²) < 4.78 is 5.81. The molecule has 0 atom stereocenters. The number of anilines is 1. The molecular weight excluding hydrogens is 236 g/mol. The second kappa shape index (κ2) is 4.41.